The predicted octanol–water partition coefficient (Wildman–Crippen LogP) is -0.894. The SMILES string of the molecule is CNCC1(OCC=O)CN(C)C1. The van der Waals surface area contributed by atoms with E-state index in [1.54, 1.807) is 0 Å². The van der Waals surface area contributed by atoms with Gasteiger partial charge in [0.05, 0.1) is 0 Å². The number of carbonyl (C=O) groups excluding carboxylic acids is 1. The third-order valence-electron chi connectivity index (χ3n) is 2.07. The van der Waals surface area contributed by atoms with Crippen LogP contribution in [0.4, 0.5) is 0 Å². The van der Waals surface area contributed by atoms with E-state index in [1.165, 1.54) is 0 Å². The van der Waals surface area contributed by atoms with Crippen LogP contribution in [0.3, 0.4) is 0 Å². The maximum atomic E-state index is 10.1. The van der Waals surface area contributed by atoms with E-state index < -0.39 is 0 Å². The molecule has 1 aliphatic rings. The summed E-state index contributed by atoms with van der Waals surface area (Å²) >= 11 is 0. The van der Waals surface area contributed by atoms with E-state index in [9.17, 15) is 4.79 Å². The minimum Gasteiger partial charge on any atom is -0.364 e. The summed E-state index contributed by atoms with van der Waals surface area (Å²) < 4.78 is 5.45. The van der Waals surface area contributed by atoms with Crippen LogP contribution in [-0.4, -0.2) is 57.1 Å². The van der Waals surface area contributed by atoms with Crippen molar-refractivity contribution in [3.8, 4) is 0 Å². The fourth-order valence-electron chi connectivity index (χ4n) is 1.72. The fourth-order valence-corrected chi connectivity index (χ4v) is 1.72. The average molecular weight is 172 g/mol. The molecule has 70 valence electrons. The first kappa shape index (κ1) is 9.64. The van der Waals surface area contributed by atoms with Crippen molar-refractivity contribution < 1.29 is 9.53 Å². The molecule has 0 aromatic heterocycles. The van der Waals surface area contributed by atoms with Gasteiger partial charge in [-0.3, -0.25) is 0 Å². The smallest absolute Gasteiger partial charge is 0.145 e. The molecular formula is C8H16N2O2. The van der Waals surface area contributed by atoms with Crippen molar-refractivity contribution in [2.24, 2.45) is 0 Å². The van der Waals surface area contributed by atoms with Gasteiger partial charge in [-0.1, -0.05) is 0 Å². The zero-order chi connectivity index (χ0) is 9.03. The second kappa shape index (κ2) is 3.98. The lowest BCUT2D eigenvalue weighted by Gasteiger charge is -2.47. The number of rotatable bonds is 5. The molecule has 0 aromatic rings. The summed E-state index contributed by atoms with van der Waals surface area (Å²) in [6, 6.07) is 0. The first-order chi connectivity index (χ1) is 5.72. The monoisotopic (exact) mass is 172 g/mol. The van der Waals surface area contributed by atoms with Gasteiger partial charge in [-0.15, -0.1) is 0 Å². The van der Waals surface area contributed by atoms with Crippen LogP contribution in [0.25, 0.3) is 0 Å². The van der Waals surface area contributed by atoms with Gasteiger partial charge < -0.3 is 19.7 Å². The Morgan fingerprint density at radius 2 is 2.33 bits per heavy atom. The normalized spacial score (nSPS) is 21.8. The van der Waals surface area contributed by atoms with Crippen LogP contribution in [0.1, 0.15) is 0 Å². The topological polar surface area (TPSA) is 41.6 Å². The lowest BCUT2D eigenvalue weighted by molar-refractivity contribution is -0.143. The van der Waals surface area contributed by atoms with Crippen LogP contribution in [0.15, 0.2) is 0 Å². The van der Waals surface area contributed by atoms with E-state index in [-0.39, 0.29) is 12.2 Å². The summed E-state index contributed by atoms with van der Waals surface area (Å²) in [5.74, 6) is 0. The maximum Gasteiger partial charge on any atom is 0.145 e. The number of likely N-dealkylation sites (N-methyl/N-ethyl adjacent to an activating group) is 2. The summed E-state index contributed by atoms with van der Waals surface area (Å²) in [5.41, 5.74) is -0.121. The van der Waals surface area contributed by atoms with Gasteiger partial charge in [0.2, 0.25) is 0 Å². The molecule has 0 saturated carbocycles. The van der Waals surface area contributed by atoms with Gasteiger partial charge in [-0.05, 0) is 14.1 Å². The first-order valence-corrected chi connectivity index (χ1v) is 4.13. The quantitative estimate of drug-likeness (QED) is 0.546. The van der Waals surface area contributed by atoms with Crippen LogP contribution in [-0.2, 0) is 9.53 Å². The number of hydrogen-bond acceptors (Lipinski definition) is 4. The van der Waals surface area contributed by atoms with Gasteiger partial charge >= 0.3 is 0 Å². The molecule has 0 amide bonds. The average Bonchev–Trinajstić information content (AvgIpc) is 1.98. The Morgan fingerprint density at radius 3 is 2.75 bits per heavy atom. The molecule has 1 N–H and O–H groups in total. The van der Waals surface area contributed by atoms with E-state index in [1.807, 2.05) is 14.1 Å². The zero-order valence-electron chi connectivity index (χ0n) is 7.67. The van der Waals surface area contributed by atoms with Crippen LogP contribution in [0, 0.1) is 0 Å². The van der Waals surface area contributed by atoms with E-state index in [4.69, 9.17) is 4.74 Å². The van der Waals surface area contributed by atoms with E-state index >= 15 is 0 Å². The first-order valence-electron chi connectivity index (χ1n) is 4.13. The minimum absolute atomic E-state index is 0.121. The predicted molar refractivity (Wildman–Crippen MR) is 46.2 cm³/mol. The van der Waals surface area contributed by atoms with E-state index in [0.717, 1.165) is 25.9 Å². The molecule has 1 saturated heterocycles. The molecule has 1 heterocycles. The molecular weight excluding hydrogens is 156 g/mol. The lowest BCUT2D eigenvalue weighted by Crippen LogP contribution is -2.65. The number of aldehydes is 1. The Balaban J connectivity index is 2.33. The Morgan fingerprint density at radius 1 is 1.67 bits per heavy atom. The van der Waals surface area contributed by atoms with Crippen LogP contribution in [0.2, 0.25) is 0 Å². The highest BCUT2D eigenvalue weighted by Gasteiger charge is 2.41. The van der Waals surface area contributed by atoms with E-state index in [0.29, 0.717) is 0 Å². The minimum atomic E-state index is -0.121. The Hall–Kier alpha value is -0.450. The summed E-state index contributed by atoms with van der Waals surface area (Å²) in [7, 11) is 3.93. The molecule has 0 unspecified atom stereocenters. The van der Waals surface area contributed by atoms with Crippen molar-refractivity contribution >= 4 is 6.29 Å². The number of ether oxygens (including phenoxy) is 1. The number of likely N-dealkylation sites (tertiary alicyclic amines) is 1. The molecule has 12 heavy (non-hydrogen) atoms. The number of carbonyl (C=O) groups is 1. The van der Waals surface area contributed by atoms with Gasteiger partial charge in [-0.2, -0.15) is 0 Å². The molecule has 0 bridgehead atoms. The molecule has 0 atom stereocenters. The number of hydrogen-bond donors (Lipinski definition) is 1. The molecule has 0 radical (unpaired) electrons. The number of nitrogens with one attached hydrogen (secondary N) is 1. The molecule has 1 aliphatic heterocycles. The van der Waals surface area contributed by atoms with Crippen molar-refractivity contribution in [3.63, 3.8) is 0 Å². The zero-order valence-corrected chi connectivity index (χ0v) is 7.67. The van der Waals surface area contributed by atoms with Crippen molar-refractivity contribution in [1.82, 2.24) is 10.2 Å². The third-order valence-corrected chi connectivity index (χ3v) is 2.07. The Kier molecular flexibility index (Phi) is 3.20. The van der Waals surface area contributed by atoms with Crippen molar-refractivity contribution in [2.45, 2.75) is 5.60 Å². The summed E-state index contributed by atoms with van der Waals surface area (Å²) in [6.45, 7) is 2.82. The van der Waals surface area contributed by atoms with Crippen molar-refractivity contribution in [1.29, 1.82) is 0 Å². The highest BCUT2D eigenvalue weighted by molar-refractivity contribution is 5.50. The van der Waals surface area contributed by atoms with Gasteiger partial charge in [0, 0.05) is 19.6 Å². The van der Waals surface area contributed by atoms with Gasteiger partial charge in [-0.25, -0.2) is 0 Å². The second-order valence-electron chi connectivity index (χ2n) is 3.36. The van der Waals surface area contributed by atoms with Crippen molar-refractivity contribution in [3.05, 3.63) is 0 Å². The summed E-state index contributed by atoms with van der Waals surface area (Å²) in [6.07, 6.45) is 0.801. The third kappa shape index (κ3) is 2.03. The van der Waals surface area contributed by atoms with E-state index in [2.05, 4.69) is 10.2 Å². The molecule has 4 heteroatoms. The van der Waals surface area contributed by atoms with Gasteiger partial charge in [0.25, 0.3) is 0 Å². The largest absolute Gasteiger partial charge is 0.364 e. The lowest BCUT2D eigenvalue weighted by atomic mass is 9.94. The maximum absolute atomic E-state index is 10.1. The molecule has 1 rings (SSSR count). The molecule has 0 aromatic carbocycles. The number of nitrogens with zero attached hydrogens (tertiary/aromatic N) is 1. The molecule has 0 spiro atoms. The van der Waals surface area contributed by atoms with Gasteiger partial charge in [0.1, 0.15) is 18.5 Å². The standard InChI is InChI=1S/C8H16N2O2/c1-9-5-8(12-4-3-11)6-10(2)7-8/h3,9H,4-7H2,1-2H3. The highest BCUT2D eigenvalue weighted by atomic mass is 16.5. The Labute approximate surface area is 72.9 Å². The van der Waals surface area contributed by atoms with Crippen LogP contribution < -0.4 is 5.32 Å². The molecule has 0 aliphatic carbocycles. The van der Waals surface area contributed by atoms with Crippen LogP contribution in [0.5, 0.6) is 0 Å². The second-order valence-corrected chi connectivity index (χ2v) is 3.36. The van der Waals surface area contributed by atoms with Crippen LogP contribution >= 0.6 is 0 Å². The summed E-state index contributed by atoms with van der Waals surface area (Å²) in [5, 5.41) is 3.07. The molecule has 4 nitrogen and oxygen atoms in total. The Bertz CT molecular complexity index is 150. The van der Waals surface area contributed by atoms with Gasteiger partial charge in [0.15, 0.2) is 0 Å². The van der Waals surface area contributed by atoms with Crippen molar-refractivity contribution in [2.75, 3.05) is 40.3 Å². The highest BCUT2D eigenvalue weighted by Crippen LogP contribution is 2.22. The fraction of sp³-hybridized carbons (Fsp3) is 0.875. The summed E-state index contributed by atoms with van der Waals surface area (Å²) in [4.78, 5) is 12.3. The molecule has 1 fully saturated rings.